The maximum absolute atomic E-state index is 11.1. The van der Waals surface area contributed by atoms with Crippen molar-refractivity contribution in [3.63, 3.8) is 0 Å². The molecule has 0 aromatic heterocycles. The Labute approximate surface area is 102 Å². The predicted molar refractivity (Wildman–Crippen MR) is 66.9 cm³/mol. The second-order valence-corrected chi connectivity index (χ2v) is 6.05. The van der Waals surface area contributed by atoms with E-state index in [1.54, 1.807) is 12.1 Å². The highest BCUT2D eigenvalue weighted by molar-refractivity contribution is 7.88. The lowest BCUT2D eigenvalue weighted by Crippen LogP contribution is -2.26. The van der Waals surface area contributed by atoms with E-state index in [1.165, 1.54) is 0 Å². The van der Waals surface area contributed by atoms with Crippen LogP contribution in [-0.4, -0.2) is 14.7 Å². The van der Waals surface area contributed by atoms with Crippen molar-refractivity contribution in [3.8, 4) is 6.07 Å². The van der Waals surface area contributed by atoms with Crippen molar-refractivity contribution in [1.29, 1.82) is 5.26 Å². The predicted octanol–water partition coefficient (Wildman–Crippen LogP) is 1.92. The lowest BCUT2D eigenvalue weighted by molar-refractivity contribution is 0.581. The fraction of sp³-hybridized carbons (Fsp3) is 0.417. The summed E-state index contributed by atoms with van der Waals surface area (Å²) in [4.78, 5) is 0. The zero-order valence-electron chi connectivity index (χ0n) is 10.1. The summed E-state index contributed by atoms with van der Waals surface area (Å²) in [6.07, 6.45) is 1.04. The fourth-order valence-corrected chi connectivity index (χ4v) is 2.07. The largest absolute Gasteiger partial charge is 0.213 e. The quantitative estimate of drug-likeness (QED) is 0.890. The van der Waals surface area contributed by atoms with Crippen LogP contribution in [0, 0.1) is 11.3 Å². The van der Waals surface area contributed by atoms with Crippen LogP contribution >= 0.6 is 0 Å². The van der Waals surface area contributed by atoms with Gasteiger partial charge in [0.15, 0.2) is 0 Å². The van der Waals surface area contributed by atoms with Gasteiger partial charge in [-0.05, 0) is 17.0 Å². The van der Waals surface area contributed by atoms with Gasteiger partial charge in [0, 0.05) is 0 Å². The van der Waals surface area contributed by atoms with Crippen molar-refractivity contribution in [2.75, 3.05) is 6.26 Å². The molecular weight excluding hydrogens is 236 g/mol. The van der Waals surface area contributed by atoms with Crippen LogP contribution in [0.2, 0.25) is 0 Å². The zero-order valence-corrected chi connectivity index (χ0v) is 11.0. The standard InChI is InChI=1S/C12H16N2O2S/c1-9(2)10-4-6-11(7-5-10)12(8-13)14-17(3,15)16/h4-7,9,12,14H,1-3H3. The van der Waals surface area contributed by atoms with Crippen LogP contribution in [0.25, 0.3) is 0 Å². The summed E-state index contributed by atoms with van der Waals surface area (Å²) in [5.41, 5.74) is 1.81. The highest BCUT2D eigenvalue weighted by Gasteiger charge is 2.15. The Hall–Kier alpha value is -1.38. The first-order valence-corrected chi connectivity index (χ1v) is 7.19. The van der Waals surface area contributed by atoms with Gasteiger partial charge >= 0.3 is 0 Å². The average molecular weight is 252 g/mol. The van der Waals surface area contributed by atoms with Gasteiger partial charge in [0.25, 0.3) is 0 Å². The molecule has 92 valence electrons. The van der Waals surface area contributed by atoms with Crippen molar-refractivity contribution in [3.05, 3.63) is 35.4 Å². The summed E-state index contributed by atoms with van der Waals surface area (Å²) < 4.78 is 24.5. The summed E-state index contributed by atoms with van der Waals surface area (Å²) in [5.74, 6) is 0.410. The highest BCUT2D eigenvalue weighted by Crippen LogP contribution is 2.18. The molecule has 0 bridgehead atoms. The van der Waals surface area contributed by atoms with Crippen molar-refractivity contribution in [2.24, 2.45) is 0 Å². The van der Waals surface area contributed by atoms with Gasteiger partial charge in [-0.3, -0.25) is 0 Å². The SMILES string of the molecule is CC(C)c1ccc(C(C#N)NS(C)(=O)=O)cc1. The van der Waals surface area contributed by atoms with Crippen molar-refractivity contribution < 1.29 is 8.42 Å². The molecule has 0 fully saturated rings. The molecule has 0 aliphatic rings. The molecule has 4 nitrogen and oxygen atoms in total. The van der Waals surface area contributed by atoms with E-state index in [4.69, 9.17) is 5.26 Å². The van der Waals surface area contributed by atoms with Gasteiger partial charge in [-0.25, -0.2) is 8.42 Å². The lowest BCUT2D eigenvalue weighted by atomic mass is 10.00. The van der Waals surface area contributed by atoms with Gasteiger partial charge in [0.05, 0.1) is 12.3 Å². The topological polar surface area (TPSA) is 70.0 Å². The minimum Gasteiger partial charge on any atom is -0.213 e. The maximum Gasteiger partial charge on any atom is 0.210 e. The fourth-order valence-electron chi connectivity index (χ4n) is 1.46. The molecule has 1 N–H and O–H groups in total. The molecule has 0 saturated carbocycles. The van der Waals surface area contributed by atoms with Crippen molar-refractivity contribution in [2.45, 2.75) is 25.8 Å². The number of nitrogens with one attached hydrogen (secondary N) is 1. The second-order valence-electron chi connectivity index (χ2n) is 4.27. The van der Waals surface area contributed by atoms with Crippen LogP contribution in [0.5, 0.6) is 0 Å². The Bertz CT molecular complexity index is 512. The summed E-state index contributed by atoms with van der Waals surface area (Å²) in [5, 5.41) is 8.94. The van der Waals surface area contributed by atoms with E-state index in [2.05, 4.69) is 18.6 Å². The lowest BCUT2D eigenvalue weighted by Gasteiger charge is -2.11. The average Bonchev–Trinajstić information content (AvgIpc) is 2.25. The smallest absolute Gasteiger partial charge is 0.210 e. The monoisotopic (exact) mass is 252 g/mol. The van der Waals surface area contributed by atoms with E-state index in [1.807, 2.05) is 18.2 Å². The summed E-state index contributed by atoms with van der Waals surface area (Å²) in [6, 6.07) is 8.49. The van der Waals surface area contributed by atoms with Crippen LogP contribution in [0.4, 0.5) is 0 Å². The third-order valence-electron chi connectivity index (χ3n) is 2.40. The van der Waals surface area contributed by atoms with Crippen LogP contribution < -0.4 is 4.72 Å². The van der Waals surface area contributed by atoms with E-state index in [0.717, 1.165) is 11.8 Å². The molecule has 0 aliphatic carbocycles. The van der Waals surface area contributed by atoms with Gasteiger partial charge in [-0.1, -0.05) is 38.1 Å². The van der Waals surface area contributed by atoms with Crippen LogP contribution in [0.3, 0.4) is 0 Å². The number of rotatable bonds is 4. The molecule has 1 rings (SSSR count). The summed E-state index contributed by atoms with van der Waals surface area (Å²) in [7, 11) is -3.38. The molecule has 0 amide bonds. The third-order valence-corrected chi connectivity index (χ3v) is 3.06. The molecule has 0 saturated heterocycles. The second kappa shape index (κ2) is 5.30. The molecule has 0 spiro atoms. The number of sulfonamides is 1. The van der Waals surface area contributed by atoms with Gasteiger partial charge in [0.1, 0.15) is 6.04 Å². The van der Waals surface area contributed by atoms with Crippen LogP contribution in [0.1, 0.15) is 36.9 Å². The molecular formula is C12H16N2O2S. The van der Waals surface area contributed by atoms with E-state index >= 15 is 0 Å². The third kappa shape index (κ3) is 4.17. The van der Waals surface area contributed by atoms with Gasteiger partial charge in [-0.2, -0.15) is 9.98 Å². The molecule has 5 heteroatoms. The molecule has 0 aliphatic heterocycles. The molecule has 0 radical (unpaired) electrons. The number of benzene rings is 1. The first kappa shape index (κ1) is 13.7. The minimum absolute atomic E-state index is 0.410. The minimum atomic E-state index is -3.38. The van der Waals surface area contributed by atoms with Gasteiger partial charge in [-0.15, -0.1) is 0 Å². The van der Waals surface area contributed by atoms with E-state index in [-0.39, 0.29) is 0 Å². The molecule has 1 unspecified atom stereocenters. The first-order valence-electron chi connectivity index (χ1n) is 5.30. The molecule has 1 aromatic rings. The Morgan fingerprint density at radius 2 is 1.65 bits per heavy atom. The zero-order chi connectivity index (χ0) is 13.1. The Balaban J connectivity index is 2.95. The number of hydrogen-bond donors (Lipinski definition) is 1. The first-order chi connectivity index (χ1) is 7.83. The normalized spacial score (nSPS) is 13.4. The maximum atomic E-state index is 11.1. The summed E-state index contributed by atoms with van der Waals surface area (Å²) in [6.45, 7) is 4.15. The molecule has 1 aromatic carbocycles. The number of hydrogen-bond acceptors (Lipinski definition) is 3. The van der Waals surface area contributed by atoms with Gasteiger partial charge < -0.3 is 0 Å². The Morgan fingerprint density at radius 3 is 2.00 bits per heavy atom. The van der Waals surface area contributed by atoms with E-state index in [9.17, 15) is 8.42 Å². The van der Waals surface area contributed by atoms with Crippen molar-refractivity contribution in [1.82, 2.24) is 4.72 Å². The van der Waals surface area contributed by atoms with E-state index in [0.29, 0.717) is 11.5 Å². The molecule has 1 atom stereocenters. The number of nitrogens with zero attached hydrogens (tertiary/aromatic N) is 1. The summed E-state index contributed by atoms with van der Waals surface area (Å²) >= 11 is 0. The number of nitriles is 1. The van der Waals surface area contributed by atoms with Crippen LogP contribution in [-0.2, 0) is 10.0 Å². The Kier molecular flexibility index (Phi) is 4.27. The van der Waals surface area contributed by atoms with Crippen molar-refractivity contribution >= 4 is 10.0 Å². The highest BCUT2D eigenvalue weighted by atomic mass is 32.2. The van der Waals surface area contributed by atoms with Gasteiger partial charge in [0.2, 0.25) is 10.0 Å². The molecule has 0 heterocycles. The van der Waals surface area contributed by atoms with Crippen LogP contribution in [0.15, 0.2) is 24.3 Å². The van der Waals surface area contributed by atoms with E-state index < -0.39 is 16.1 Å². The molecule has 17 heavy (non-hydrogen) atoms. The Morgan fingerprint density at radius 1 is 1.18 bits per heavy atom.